The Balaban J connectivity index is 2.02. The van der Waals surface area contributed by atoms with Crippen LogP contribution < -0.4 is 4.74 Å². The molecular formula is C14H14N2O2S. The minimum absolute atomic E-state index is 0.106. The summed E-state index contributed by atoms with van der Waals surface area (Å²) in [5.41, 5.74) is 2.08. The average Bonchev–Trinajstić information content (AvgIpc) is 2.82. The number of nitrogens with zero attached hydrogens (tertiary/aromatic N) is 1. The van der Waals surface area contributed by atoms with Crippen molar-refractivity contribution < 1.29 is 9.47 Å². The van der Waals surface area contributed by atoms with Crippen molar-refractivity contribution in [2.45, 2.75) is 12.5 Å². The van der Waals surface area contributed by atoms with Gasteiger partial charge in [0.1, 0.15) is 22.8 Å². The maximum Gasteiger partial charge on any atom is 0.130 e. The molecule has 98 valence electrons. The third kappa shape index (κ3) is 2.39. The van der Waals surface area contributed by atoms with E-state index in [0.717, 1.165) is 22.8 Å². The Labute approximate surface area is 116 Å². The second-order valence-electron chi connectivity index (χ2n) is 4.46. The molecule has 0 saturated carbocycles. The summed E-state index contributed by atoms with van der Waals surface area (Å²) in [5, 5.41) is 0. The SMILES string of the molecule is COCc1cc(=S)nc(C2COc3ccccc32)[nH]1. The predicted octanol–water partition coefficient (Wildman–Crippen LogP) is 2.81. The lowest BCUT2D eigenvalue weighted by atomic mass is 10.0. The fourth-order valence-electron chi connectivity index (χ4n) is 2.32. The van der Waals surface area contributed by atoms with E-state index < -0.39 is 0 Å². The van der Waals surface area contributed by atoms with E-state index in [2.05, 4.69) is 16.0 Å². The third-order valence-electron chi connectivity index (χ3n) is 3.15. The number of ether oxygens (including phenoxy) is 2. The van der Waals surface area contributed by atoms with Gasteiger partial charge >= 0.3 is 0 Å². The molecule has 2 heterocycles. The lowest BCUT2D eigenvalue weighted by molar-refractivity contribution is 0.181. The standard InChI is InChI=1S/C14H14N2O2S/c1-17-7-9-6-13(19)16-14(15-9)11-8-18-12-5-3-2-4-10(11)12/h2-6,11H,7-8H2,1H3,(H,15,16,19). The number of aromatic amines is 1. The highest BCUT2D eigenvalue weighted by atomic mass is 32.1. The molecule has 4 nitrogen and oxygen atoms in total. The number of para-hydroxylation sites is 1. The average molecular weight is 274 g/mol. The highest BCUT2D eigenvalue weighted by molar-refractivity contribution is 7.71. The van der Waals surface area contributed by atoms with Gasteiger partial charge in [-0.15, -0.1) is 0 Å². The first-order valence-corrected chi connectivity index (χ1v) is 6.49. The van der Waals surface area contributed by atoms with Crippen LogP contribution in [0.4, 0.5) is 0 Å². The number of nitrogens with one attached hydrogen (secondary N) is 1. The molecule has 0 amide bonds. The summed E-state index contributed by atoms with van der Waals surface area (Å²) in [7, 11) is 1.66. The number of H-pyrrole nitrogens is 1. The number of hydrogen-bond donors (Lipinski definition) is 1. The lowest BCUT2D eigenvalue weighted by Crippen LogP contribution is -2.09. The van der Waals surface area contributed by atoms with Crippen molar-refractivity contribution in [3.8, 4) is 5.75 Å². The van der Waals surface area contributed by atoms with Gasteiger partial charge in [-0.3, -0.25) is 0 Å². The van der Waals surface area contributed by atoms with Gasteiger partial charge in [-0.2, -0.15) is 0 Å². The lowest BCUT2D eigenvalue weighted by Gasteiger charge is -2.10. The van der Waals surface area contributed by atoms with E-state index in [1.807, 2.05) is 24.3 Å². The van der Waals surface area contributed by atoms with Crippen molar-refractivity contribution in [2.24, 2.45) is 0 Å². The maximum absolute atomic E-state index is 5.68. The van der Waals surface area contributed by atoms with E-state index in [1.165, 1.54) is 0 Å². The molecule has 1 unspecified atom stereocenters. The van der Waals surface area contributed by atoms with Gasteiger partial charge in [-0.1, -0.05) is 30.4 Å². The van der Waals surface area contributed by atoms with Gasteiger partial charge < -0.3 is 14.5 Å². The summed E-state index contributed by atoms with van der Waals surface area (Å²) < 4.78 is 11.4. The summed E-state index contributed by atoms with van der Waals surface area (Å²) in [6, 6.07) is 9.84. The largest absolute Gasteiger partial charge is 0.492 e. The first-order valence-electron chi connectivity index (χ1n) is 6.08. The zero-order valence-corrected chi connectivity index (χ0v) is 11.4. The Kier molecular flexibility index (Phi) is 3.31. The quantitative estimate of drug-likeness (QED) is 0.874. The van der Waals surface area contributed by atoms with Crippen LogP contribution in [0.1, 0.15) is 23.0 Å². The molecular weight excluding hydrogens is 260 g/mol. The Morgan fingerprint density at radius 2 is 2.32 bits per heavy atom. The maximum atomic E-state index is 5.68. The first kappa shape index (κ1) is 12.3. The smallest absolute Gasteiger partial charge is 0.130 e. The summed E-state index contributed by atoms with van der Waals surface area (Å²) in [6.45, 7) is 1.09. The summed E-state index contributed by atoms with van der Waals surface area (Å²) in [4.78, 5) is 7.71. The van der Waals surface area contributed by atoms with Crippen molar-refractivity contribution >= 4 is 12.2 Å². The third-order valence-corrected chi connectivity index (χ3v) is 3.36. The van der Waals surface area contributed by atoms with Gasteiger partial charge in [-0.25, -0.2) is 4.98 Å². The zero-order chi connectivity index (χ0) is 13.2. The van der Waals surface area contributed by atoms with E-state index in [1.54, 1.807) is 7.11 Å². The van der Waals surface area contributed by atoms with Crippen LogP contribution >= 0.6 is 12.2 Å². The van der Waals surface area contributed by atoms with E-state index in [9.17, 15) is 0 Å². The monoisotopic (exact) mass is 274 g/mol. The fourth-order valence-corrected chi connectivity index (χ4v) is 2.56. The molecule has 1 aromatic heterocycles. The first-order chi connectivity index (χ1) is 9.28. The molecule has 0 radical (unpaired) electrons. The molecule has 0 aliphatic carbocycles. The van der Waals surface area contributed by atoms with Crippen molar-refractivity contribution in [3.63, 3.8) is 0 Å². The van der Waals surface area contributed by atoms with Crippen LogP contribution in [0.25, 0.3) is 0 Å². The molecule has 0 spiro atoms. The number of hydrogen-bond acceptors (Lipinski definition) is 4. The fraction of sp³-hybridized carbons (Fsp3) is 0.286. The predicted molar refractivity (Wildman–Crippen MR) is 73.9 cm³/mol. The van der Waals surface area contributed by atoms with Gasteiger partial charge in [0, 0.05) is 18.4 Å². The molecule has 1 aliphatic heterocycles. The van der Waals surface area contributed by atoms with E-state index in [-0.39, 0.29) is 5.92 Å². The molecule has 0 fully saturated rings. The minimum atomic E-state index is 0.106. The zero-order valence-electron chi connectivity index (χ0n) is 10.6. The van der Waals surface area contributed by atoms with Crippen LogP contribution in [0.3, 0.4) is 0 Å². The topological polar surface area (TPSA) is 47.1 Å². The Morgan fingerprint density at radius 1 is 1.47 bits per heavy atom. The van der Waals surface area contributed by atoms with Gasteiger partial charge in [-0.05, 0) is 12.1 Å². The molecule has 1 atom stereocenters. The summed E-state index contributed by atoms with van der Waals surface area (Å²) >= 11 is 5.21. The second-order valence-corrected chi connectivity index (χ2v) is 4.88. The number of aromatic nitrogens is 2. The van der Waals surface area contributed by atoms with E-state index in [0.29, 0.717) is 17.9 Å². The van der Waals surface area contributed by atoms with Crippen LogP contribution in [0.2, 0.25) is 0 Å². The van der Waals surface area contributed by atoms with E-state index >= 15 is 0 Å². The Morgan fingerprint density at radius 3 is 3.16 bits per heavy atom. The van der Waals surface area contributed by atoms with Crippen molar-refractivity contribution in [1.82, 2.24) is 9.97 Å². The van der Waals surface area contributed by atoms with Crippen LogP contribution in [0.5, 0.6) is 5.75 Å². The molecule has 3 rings (SSSR count). The van der Waals surface area contributed by atoms with Gasteiger partial charge in [0.05, 0.1) is 12.5 Å². The number of methoxy groups -OCH3 is 1. The second kappa shape index (κ2) is 5.11. The van der Waals surface area contributed by atoms with Crippen LogP contribution in [-0.2, 0) is 11.3 Å². The molecule has 19 heavy (non-hydrogen) atoms. The minimum Gasteiger partial charge on any atom is -0.492 e. The summed E-state index contributed by atoms with van der Waals surface area (Å²) in [5.74, 6) is 1.87. The molecule has 2 aromatic rings. The summed E-state index contributed by atoms with van der Waals surface area (Å²) in [6.07, 6.45) is 0. The highest BCUT2D eigenvalue weighted by Crippen LogP contribution is 2.36. The number of fused-ring (bicyclic) bond motifs is 1. The molecule has 1 aromatic carbocycles. The molecule has 0 bridgehead atoms. The Bertz CT molecular complexity index is 654. The van der Waals surface area contributed by atoms with Gasteiger partial charge in [0.25, 0.3) is 0 Å². The van der Waals surface area contributed by atoms with Crippen molar-refractivity contribution in [2.75, 3.05) is 13.7 Å². The van der Waals surface area contributed by atoms with Gasteiger partial charge in [0.15, 0.2) is 0 Å². The van der Waals surface area contributed by atoms with Crippen LogP contribution in [0.15, 0.2) is 30.3 Å². The van der Waals surface area contributed by atoms with Crippen molar-refractivity contribution in [1.29, 1.82) is 0 Å². The van der Waals surface area contributed by atoms with Crippen LogP contribution in [-0.4, -0.2) is 23.7 Å². The van der Waals surface area contributed by atoms with Gasteiger partial charge in [0.2, 0.25) is 0 Å². The molecule has 5 heteroatoms. The molecule has 1 N–H and O–H groups in total. The molecule has 0 saturated heterocycles. The van der Waals surface area contributed by atoms with Crippen LogP contribution in [0, 0.1) is 4.64 Å². The van der Waals surface area contributed by atoms with Crippen molar-refractivity contribution in [3.05, 3.63) is 52.1 Å². The Hall–Kier alpha value is -1.72. The number of benzene rings is 1. The normalized spacial score (nSPS) is 17.0. The number of rotatable bonds is 3. The van der Waals surface area contributed by atoms with E-state index in [4.69, 9.17) is 21.7 Å². The highest BCUT2D eigenvalue weighted by Gasteiger charge is 2.27. The molecule has 1 aliphatic rings.